The summed E-state index contributed by atoms with van der Waals surface area (Å²) in [5.74, 6) is 1.36. The van der Waals surface area contributed by atoms with Crippen LogP contribution in [0.4, 0.5) is 0 Å². The molecule has 158 valence electrons. The number of hydrogen-bond donors (Lipinski definition) is 2. The van der Waals surface area contributed by atoms with Crippen LogP contribution in [0, 0.1) is 0 Å². The molecule has 1 atom stereocenters. The van der Waals surface area contributed by atoms with Crippen LogP contribution in [0.25, 0.3) is 11.0 Å². The molecular formula is C23H28N4O2S. The first-order valence-corrected chi connectivity index (χ1v) is 11.4. The molecule has 1 aliphatic rings. The average Bonchev–Trinajstić information content (AvgIpc) is 3.22. The molecule has 0 spiro atoms. The molecule has 4 rings (SSSR count). The van der Waals surface area contributed by atoms with Gasteiger partial charge in [0.1, 0.15) is 5.82 Å². The smallest absolute Gasteiger partial charge is 0.230 e. The summed E-state index contributed by atoms with van der Waals surface area (Å²) in [6.07, 6.45) is 0. The minimum atomic E-state index is 0.0455. The Bertz CT molecular complexity index is 951. The van der Waals surface area contributed by atoms with Gasteiger partial charge in [0.25, 0.3) is 0 Å². The van der Waals surface area contributed by atoms with Crippen LogP contribution in [0.2, 0.25) is 0 Å². The molecule has 2 N–H and O–H groups in total. The van der Waals surface area contributed by atoms with Gasteiger partial charge in [0.15, 0.2) is 0 Å². The molecule has 1 aromatic heterocycles. The molecule has 6 nitrogen and oxygen atoms in total. The molecule has 1 unspecified atom stereocenters. The number of carbonyl (C=O) groups excluding carboxylic acids is 1. The summed E-state index contributed by atoms with van der Waals surface area (Å²) in [6.45, 7) is 7.02. The van der Waals surface area contributed by atoms with E-state index in [1.807, 2.05) is 30.3 Å². The van der Waals surface area contributed by atoms with E-state index in [1.54, 1.807) is 11.8 Å². The maximum absolute atomic E-state index is 12.4. The summed E-state index contributed by atoms with van der Waals surface area (Å²) in [7, 11) is 0. The largest absolute Gasteiger partial charge is 0.379 e. The number of nitrogens with one attached hydrogen (secondary N) is 2. The Balaban J connectivity index is 1.27. The van der Waals surface area contributed by atoms with Crippen LogP contribution in [-0.2, 0) is 22.6 Å². The third kappa shape index (κ3) is 5.41. The Morgan fingerprint density at radius 1 is 1.17 bits per heavy atom. The van der Waals surface area contributed by atoms with Crippen LogP contribution >= 0.6 is 11.8 Å². The molecule has 3 aromatic rings. The molecule has 0 bridgehead atoms. The van der Waals surface area contributed by atoms with Gasteiger partial charge in [-0.1, -0.05) is 36.4 Å². The predicted molar refractivity (Wildman–Crippen MR) is 121 cm³/mol. The van der Waals surface area contributed by atoms with Crippen LogP contribution in [0.15, 0.2) is 48.5 Å². The second kappa shape index (κ2) is 10.1. The van der Waals surface area contributed by atoms with Gasteiger partial charge in [-0.3, -0.25) is 9.69 Å². The fourth-order valence-corrected chi connectivity index (χ4v) is 4.35. The quantitative estimate of drug-likeness (QED) is 0.579. The minimum absolute atomic E-state index is 0.0455. The molecule has 0 radical (unpaired) electrons. The number of benzene rings is 2. The molecule has 2 aromatic carbocycles. The van der Waals surface area contributed by atoms with E-state index >= 15 is 0 Å². The number of rotatable bonds is 8. The lowest BCUT2D eigenvalue weighted by molar-refractivity contribution is -0.118. The summed E-state index contributed by atoms with van der Waals surface area (Å²) in [5, 5.41) is 3.20. The van der Waals surface area contributed by atoms with Crippen LogP contribution < -0.4 is 5.32 Å². The van der Waals surface area contributed by atoms with Crippen molar-refractivity contribution in [2.45, 2.75) is 25.3 Å². The zero-order chi connectivity index (χ0) is 20.8. The highest BCUT2D eigenvalue weighted by atomic mass is 32.2. The fourth-order valence-electron chi connectivity index (χ4n) is 3.57. The second-order valence-corrected chi connectivity index (χ2v) is 8.86. The normalized spacial score (nSPS) is 15.9. The SMILES string of the molecule is CC(SCC(=O)NCc1ccccc1CN1CCOCC1)c1nc2ccccc2[nH]1. The van der Waals surface area contributed by atoms with Crippen LogP contribution in [0.1, 0.15) is 29.1 Å². The van der Waals surface area contributed by atoms with Crippen molar-refractivity contribution in [3.63, 3.8) is 0 Å². The molecule has 2 heterocycles. The fraction of sp³-hybridized carbons (Fsp3) is 0.391. The van der Waals surface area contributed by atoms with Crippen LogP contribution in [0.3, 0.4) is 0 Å². The third-order valence-electron chi connectivity index (χ3n) is 5.35. The number of para-hydroxylation sites is 2. The Morgan fingerprint density at radius 3 is 2.70 bits per heavy atom. The first kappa shape index (κ1) is 20.9. The molecular weight excluding hydrogens is 396 g/mol. The zero-order valence-electron chi connectivity index (χ0n) is 17.3. The molecule has 7 heteroatoms. The van der Waals surface area contributed by atoms with E-state index in [0.29, 0.717) is 12.3 Å². The number of aromatic amines is 1. The topological polar surface area (TPSA) is 70.2 Å². The van der Waals surface area contributed by atoms with Crippen molar-refractivity contribution in [2.75, 3.05) is 32.1 Å². The monoisotopic (exact) mass is 424 g/mol. The van der Waals surface area contributed by atoms with Crippen LogP contribution in [0.5, 0.6) is 0 Å². The van der Waals surface area contributed by atoms with Crippen molar-refractivity contribution in [3.05, 3.63) is 65.5 Å². The highest BCUT2D eigenvalue weighted by Crippen LogP contribution is 2.27. The number of hydrogen-bond acceptors (Lipinski definition) is 5. The van der Waals surface area contributed by atoms with E-state index in [9.17, 15) is 4.79 Å². The first-order valence-electron chi connectivity index (χ1n) is 10.4. The molecule has 1 fully saturated rings. The summed E-state index contributed by atoms with van der Waals surface area (Å²) in [5.41, 5.74) is 4.43. The lowest BCUT2D eigenvalue weighted by Gasteiger charge is -2.27. The van der Waals surface area contributed by atoms with E-state index in [1.165, 1.54) is 11.1 Å². The Kier molecular flexibility index (Phi) is 7.04. The lowest BCUT2D eigenvalue weighted by Crippen LogP contribution is -2.36. The second-order valence-electron chi connectivity index (χ2n) is 7.53. The van der Waals surface area contributed by atoms with E-state index in [2.05, 4.69) is 45.3 Å². The van der Waals surface area contributed by atoms with Crippen molar-refractivity contribution in [2.24, 2.45) is 0 Å². The minimum Gasteiger partial charge on any atom is -0.379 e. The standard InChI is InChI=1S/C23H28N4O2S/c1-17(23-25-20-8-4-5-9-21(20)26-23)30-16-22(28)24-14-18-6-2-3-7-19(18)15-27-10-12-29-13-11-27/h2-9,17H,10-16H2,1H3,(H,24,28)(H,25,26). The van der Waals surface area contributed by atoms with Gasteiger partial charge in [0, 0.05) is 26.2 Å². The Labute approximate surface area is 181 Å². The Morgan fingerprint density at radius 2 is 1.90 bits per heavy atom. The van der Waals surface area contributed by atoms with Gasteiger partial charge < -0.3 is 15.0 Å². The van der Waals surface area contributed by atoms with Crippen molar-refractivity contribution < 1.29 is 9.53 Å². The van der Waals surface area contributed by atoms with Crippen molar-refractivity contribution >= 4 is 28.7 Å². The summed E-state index contributed by atoms with van der Waals surface area (Å²) in [4.78, 5) is 22.8. The number of H-pyrrole nitrogens is 1. The number of ether oxygens (including phenoxy) is 1. The van der Waals surface area contributed by atoms with Crippen molar-refractivity contribution in [3.8, 4) is 0 Å². The van der Waals surface area contributed by atoms with Crippen LogP contribution in [-0.4, -0.2) is 52.8 Å². The van der Waals surface area contributed by atoms with Gasteiger partial charge in [-0.25, -0.2) is 4.98 Å². The molecule has 0 aliphatic carbocycles. The van der Waals surface area contributed by atoms with Crippen molar-refractivity contribution in [1.29, 1.82) is 0 Å². The lowest BCUT2D eigenvalue weighted by atomic mass is 10.1. The molecule has 1 aliphatic heterocycles. The van der Waals surface area contributed by atoms with Gasteiger partial charge in [0.05, 0.1) is 35.2 Å². The highest BCUT2D eigenvalue weighted by Gasteiger charge is 2.15. The van der Waals surface area contributed by atoms with Gasteiger partial charge in [0.2, 0.25) is 5.91 Å². The average molecular weight is 425 g/mol. The van der Waals surface area contributed by atoms with E-state index in [4.69, 9.17) is 4.74 Å². The van der Waals surface area contributed by atoms with E-state index in [0.717, 1.165) is 49.7 Å². The number of fused-ring (bicyclic) bond motifs is 1. The van der Waals surface area contributed by atoms with Gasteiger partial charge in [-0.05, 0) is 30.2 Å². The number of amides is 1. The number of morpholine rings is 1. The maximum atomic E-state index is 12.4. The highest BCUT2D eigenvalue weighted by molar-refractivity contribution is 8.00. The zero-order valence-corrected chi connectivity index (χ0v) is 18.1. The molecule has 1 saturated heterocycles. The van der Waals surface area contributed by atoms with E-state index in [-0.39, 0.29) is 11.2 Å². The van der Waals surface area contributed by atoms with Gasteiger partial charge >= 0.3 is 0 Å². The number of aromatic nitrogens is 2. The number of imidazole rings is 1. The summed E-state index contributed by atoms with van der Waals surface area (Å²) >= 11 is 1.59. The number of nitrogens with zero attached hydrogens (tertiary/aromatic N) is 2. The Hall–Kier alpha value is -2.35. The maximum Gasteiger partial charge on any atom is 0.230 e. The predicted octanol–water partition coefficient (Wildman–Crippen LogP) is 3.51. The van der Waals surface area contributed by atoms with Crippen molar-refractivity contribution in [1.82, 2.24) is 20.2 Å². The van der Waals surface area contributed by atoms with Gasteiger partial charge in [-0.15, -0.1) is 11.8 Å². The molecule has 0 saturated carbocycles. The first-order chi connectivity index (χ1) is 14.7. The number of carbonyl (C=O) groups is 1. The van der Waals surface area contributed by atoms with E-state index < -0.39 is 0 Å². The third-order valence-corrected chi connectivity index (χ3v) is 6.50. The number of thioether (sulfide) groups is 1. The summed E-state index contributed by atoms with van der Waals surface area (Å²) in [6, 6.07) is 16.3. The van der Waals surface area contributed by atoms with Gasteiger partial charge in [-0.2, -0.15) is 0 Å². The molecule has 30 heavy (non-hydrogen) atoms. The summed E-state index contributed by atoms with van der Waals surface area (Å²) < 4.78 is 5.43. The molecule has 1 amide bonds.